The summed E-state index contributed by atoms with van der Waals surface area (Å²) in [5, 5.41) is 24.1. The van der Waals surface area contributed by atoms with Crippen molar-refractivity contribution in [3.05, 3.63) is 17.5 Å². The van der Waals surface area contributed by atoms with Gasteiger partial charge in [-0.15, -0.1) is 0 Å². The van der Waals surface area contributed by atoms with Crippen LogP contribution in [-0.2, 0) is 23.3 Å². The number of hydrogen-bond donors (Lipinski definition) is 1. The minimum atomic E-state index is -3.24. The van der Waals surface area contributed by atoms with Crippen molar-refractivity contribution in [2.75, 3.05) is 11.5 Å². The molecule has 1 aliphatic rings. The highest BCUT2D eigenvalue weighted by Crippen LogP contribution is 2.43. The number of aromatic nitrogens is 2. The number of hydrogen-bond acceptors (Lipinski definition) is 5. The zero-order valence-electron chi connectivity index (χ0n) is 11.0. The van der Waals surface area contributed by atoms with Gasteiger partial charge in [-0.3, -0.25) is 4.68 Å². The average molecular weight is 283 g/mol. The van der Waals surface area contributed by atoms with E-state index >= 15 is 0 Å². The van der Waals surface area contributed by atoms with Crippen LogP contribution in [0.3, 0.4) is 0 Å². The smallest absolute Gasteiger partial charge is 0.152 e. The summed E-state index contributed by atoms with van der Waals surface area (Å²) in [6.45, 7) is 1.91. The fourth-order valence-corrected chi connectivity index (χ4v) is 4.56. The lowest BCUT2D eigenvalue weighted by Crippen LogP contribution is -2.29. The van der Waals surface area contributed by atoms with E-state index < -0.39 is 21.4 Å². The summed E-state index contributed by atoms with van der Waals surface area (Å²) in [5.74, 6) is -0.324. The van der Waals surface area contributed by atoms with E-state index in [1.807, 2.05) is 13.0 Å². The van der Waals surface area contributed by atoms with Gasteiger partial charge in [-0.25, -0.2) is 8.42 Å². The lowest BCUT2D eigenvalue weighted by molar-refractivity contribution is 0.0785. The van der Waals surface area contributed by atoms with Crippen molar-refractivity contribution in [3.63, 3.8) is 0 Å². The van der Waals surface area contributed by atoms with E-state index in [2.05, 4.69) is 5.10 Å². The maximum absolute atomic E-state index is 11.6. The second-order valence-electron chi connectivity index (χ2n) is 5.07. The first kappa shape index (κ1) is 14.0. The molecular formula is C12H17N3O3S. The van der Waals surface area contributed by atoms with Crippen LogP contribution in [0.5, 0.6) is 0 Å². The second-order valence-corrected chi connectivity index (χ2v) is 7.25. The SMILES string of the molecule is CCc1nn(C)cc1C(O)C1(C#N)CCS(=O)(=O)C1. The molecule has 1 fully saturated rings. The van der Waals surface area contributed by atoms with Gasteiger partial charge in [0.25, 0.3) is 0 Å². The third-order valence-corrected chi connectivity index (χ3v) is 5.43. The Balaban J connectivity index is 2.43. The Morgan fingerprint density at radius 3 is 2.84 bits per heavy atom. The molecule has 2 atom stereocenters. The van der Waals surface area contributed by atoms with Crippen LogP contribution in [-0.4, -0.2) is 34.8 Å². The van der Waals surface area contributed by atoms with E-state index in [1.54, 1.807) is 17.9 Å². The molecule has 0 amide bonds. The van der Waals surface area contributed by atoms with Gasteiger partial charge in [0.15, 0.2) is 9.84 Å². The molecular weight excluding hydrogens is 266 g/mol. The third kappa shape index (κ3) is 2.38. The fraction of sp³-hybridized carbons (Fsp3) is 0.667. The van der Waals surface area contributed by atoms with Crippen LogP contribution in [0, 0.1) is 16.7 Å². The summed E-state index contributed by atoms with van der Waals surface area (Å²) in [4.78, 5) is 0. The molecule has 19 heavy (non-hydrogen) atoms. The molecule has 2 heterocycles. The summed E-state index contributed by atoms with van der Waals surface area (Å²) in [6.07, 6.45) is 1.35. The maximum Gasteiger partial charge on any atom is 0.152 e. The van der Waals surface area contributed by atoms with Crippen LogP contribution in [0.15, 0.2) is 6.20 Å². The van der Waals surface area contributed by atoms with Gasteiger partial charge < -0.3 is 5.11 Å². The van der Waals surface area contributed by atoms with E-state index in [1.165, 1.54) is 0 Å². The number of aliphatic hydroxyl groups excluding tert-OH is 1. The van der Waals surface area contributed by atoms with E-state index in [-0.39, 0.29) is 17.9 Å². The first-order chi connectivity index (χ1) is 8.83. The van der Waals surface area contributed by atoms with Crippen molar-refractivity contribution in [1.82, 2.24) is 9.78 Å². The monoisotopic (exact) mass is 283 g/mol. The lowest BCUT2D eigenvalue weighted by Gasteiger charge is -2.25. The molecule has 0 aliphatic carbocycles. The highest BCUT2D eigenvalue weighted by Gasteiger charge is 2.49. The van der Waals surface area contributed by atoms with Gasteiger partial charge >= 0.3 is 0 Å². The summed E-state index contributed by atoms with van der Waals surface area (Å²) in [7, 11) is -1.51. The molecule has 1 saturated heterocycles. The number of aryl methyl sites for hydroxylation is 2. The van der Waals surface area contributed by atoms with Crippen molar-refractivity contribution in [2.24, 2.45) is 12.5 Å². The first-order valence-electron chi connectivity index (χ1n) is 6.16. The zero-order chi connectivity index (χ0) is 14.3. The van der Waals surface area contributed by atoms with Crippen LogP contribution in [0.2, 0.25) is 0 Å². The van der Waals surface area contributed by atoms with Crippen LogP contribution < -0.4 is 0 Å². The molecule has 0 bridgehead atoms. The van der Waals surface area contributed by atoms with E-state index in [9.17, 15) is 18.8 Å². The van der Waals surface area contributed by atoms with Crippen molar-refractivity contribution in [3.8, 4) is 6.07 Å². The Morgan fingerprint density at radius 1 is 1.68 bits per heavy atom. The molecule has 104 valence electrons. The molecule has 1 N–H and O–H groups in total. The normalized spacial score (nSPS) is 27.1. The maximum atomic E-state index is 11.6. The molecule has 0 radical (unpaired) electrons. The molecule has 1 aliphatic heterocycles. The lowest BCUT2D eigenvalue weighted by atomic mass is 9.80. The first-order valence-corrected chi connectivity index (χ1v) is 7.98. The minimum Gasteiger partial charge on any atom is -0.387 e. The Hall–Kier alpha value is -1.39. The van der Waals surface area contributed by atoms with E-state index in [0.717, 1.165) is 0 Å². The molecule has 6 nitrogen and oxygen atoms in total. The molecule has 0 saturated carbocycles. The summed E-state index contributed by atoms with van der Waals surface area (Å²) in [5.41, 5.74) is 0.0174. The predicted octanol–water partition coefficient (Wildman–Crippen LogP) is 0.344. The molecule has 0 spiro atoms. The molecule has 1 aromatic rings. The van der Waals surface area contributed by atoms with E-state index in [0.29, 0.717) is 17.7 Å². The van der Waals surface area contributed by atoms with Gasteiger partial charge in [0.1, 0.15) is 11.5 Å². The highest BCUT2D eigenvalue weighted by molar-refractivity contribution is 7.91. The van der Waals surface area contributed by atoms with Crippen LogP contribution in [0.1, 0.15) is 30.7 Å². The number of rotatable bonds is 3. The molecule has 2 unspecified atom stereocenters. The number of nitriles is 1. The van der Waals surface area contributed by atoms with Gasteiger partial charge in [0, 0.05) is 18.8 Å². The largest absolute Gasteiger partial charge is 0.387 e. The Morgan fingerprint density at radius 2 is 2.37 bits per heavy atom. The quantitative estimate of drug-likeness (QED) is 0.863. The summed E-state index contributed by atoms with van der Waals surface area (Å²) in [6, 6.07) is 2.03. The zero-order valence-corrected chi connectivity index (χ0v) is 11.8. The Kier molecular flexibility index (Phi) is 3.41. The summed E-state index contributed by atoms with van der Waals surface area (Å²) < 4.78 is 24.8. The average Bonchev–Trinajstić information content (AvgIpc) is 2.89. The third-order valence-electron chi connectivity index (χ3n) is 3.65. The molecule has 2 rings (SSSR count). The Labute approximate surface area is 112 Å². The van der Waals surface area contributed by atoms with Gasteiger partial charge in [-0.2, -0.15) is 10.4 Å². The van der Waals surface area contributed by atoms with Crippen molar-refractivity contribution >= 4 is 9.84 Å². The second kappa shape index (κ2) is 4.62. The van der Waals surface area contributed by atoms with Crippen molar-refractivity contribution in [1.29, 1.82) is 5.26 Å². The summed E-state index contributed by atoms with van der Waals surface area (Å²) >= 11 is 0. The van der Waals surface area contributed by atoms with Gasteiger partial charge in [-0.05, 0) is 12.8 Å². The van der Waals surface area contributed by atoms with Crippen LogP contribution in [0.4, 0.5) is 0 Å². The van der Waals surface area contributed by atoms with Gasteiger partial charge in [-0.1, -0.05) is 6.92 Å². The Bertz CT molecular complexity index is 629. The van der Waals surface area contributed by atoms with Crippen LogP contribution >= 0.6 is 0 Å². The minimum absolute atomic E-state index is 0.0423. The standard InChI is InChI=1S/C12H17N3O3S/c1-3-10-9(6-15(2)14-10)11(16)12(7-13)4-5-19(17,18)8-12/h6,11,16H,3-5,8H2,1-2H3. The van der Waals surface area contributed by atoms with Gasteiger partial charge in [0.05, 0.1) is 23.3 Å². The molecule has 0 aromatic carbocycles. The number of sulfone groups is 1. The fourth-order valence-electron chi connectivity index (χ4n) is 2.59. The topological polar surface area (TPSA) is 96.0 Å². The predicted molar refractivity (Wildman–Crippen MR) is 68.9 cm³/mol. The molecule has 1 aromatic heterocycles. The van der Waals surface area contributed by atoms with Crippen molar-refractivity contribution in [2.45, 2.75) is 25.9 Å². The molecule has 7 heteroatoms. The van der Waals surface area contributed by atoms with Crippen molar-refractivity contribution < 1.29 is 13.5 Å². The number of nitrogens with zero attached hydrogens (tertiary/aromatic N) is 3. The highest BCUT2D eigenvalue weighted by atomic mass is 32.2. The van der Waals surface area contributed by atoms with Crippen LogP contribution in [0.25, 0.3) is 0 Å². The van der Waals surface area contributed by atoms with Gasteiger partial charge in [0.2, 0.25) is 0 Å². The number of aliphatic hydroxyl groups is 1. The van der Waals surface area contributed by atoms with E-state index in [4.69, 9.17) is 0 Å².